The first-order chi connectivity index (χ1) is 16.1. The van der Waals surface area contributed by atoms with Crippen LogP contribution in [0.2, 0.25) is 5.02 Å². The van der Waals surface area contributed by atoms with Crippen molar-refractivity contribution in [3.8, 4) is 11.5 Å². The Labute approximate surface area is 203 Å². The number of nitrogens with zero attached hydrogens (tertiary/aromatic N) is 3. The van der Waals surface area contributed by atoms with Crippen LogP contribution in [0.15, 0.2) is 58.1 Å². The molecule has 0 saturated heterocycles. The summed E-state index contributed by atoms with van der Waals surface area (Å²) >= 11 is 7.03. The van der Waals surface area contributed by atoms with Gasteiger partial charge in [0.25, 0.3) is 5.91 Å². The van der Waals surface area contributed by atoms with Gasteiger partial charge in [0.15, 0.2) is 17.3 Å². The third-order valence-corrected chi connectivity index (χ3v) is 7.38. The molecule has 10 nitrogen and oxygen atoms in total. The summed E-state index contributed by atoms with van der Waals surface area (Å²) in [4.78, 5) is 28.8. The molecule has 4 rings (SSSR count). The predicted octanol–water partition coefficient (Wildman–Crippen LogP) is 3.19. The second-order valence-electron chi connectivity index (χ2n) is 6.95. The molecule has 174 valence electrons. The minimum atomic E-state index is -3.64. The summed E-state index contributed by atoms with van der Waals surface area (Å²) in [5.41, 5.74) is 0.529. The highest BCUT2D eigenvalue weighted by molar-refractivity contribution is 8.42. The number of sulfone groups is 1. The quantitative estimate of drug-likeness (QED) is 0.370. The smallest absolute Gasteiger partial charge is 0.343 e. The van der Waals surface area contributed by atoms with Crippen molar-refractivity contribution in [2.75, 3.05) is 13.4 Å². The second-order valence-corrected chi connectivity index (χ2v) is 10.5. The van der Waals surface area contributed by atoms with E-state index in [-0.39, 0.29) is 37.5 Å². The maximum absolute atomic E-state index is 12.5. The zero-order valence-corrected chi connectivity index (χ0v) is 20.0. The number of amidine groups is 2. The van der Waals surface area contributed by atoms with E-state index in [0.717, 1.165) is 11.3 Å². The normalized spacial score (nSPS) is 16.8. The molecule has 0 saturated carbocycles. The Morgan fingerprint density at radius 2 is 1.94 bits per heavy atom. The number of methoxy groups -OCH3 is 1. The molecule has 0 atom stereocenters. The van der Waals surface area contributed by atoms with Gasteiger partial charge in [-0.3, -0.25) is 10.2 Å². The van der Waals surface area contributed by atoms with Gasteiger partial charge in [0, 0.05) is 6.26 Å². The van der Waals surface area contributed by atoms with Crippen LogP contribution in [0.5, 0.6) is 11.5 Å². The summed E-state index contributed by atoms with van der Waals surface area (Å²) in [7, 11) is -2.28. The number of fused-ring (bicyclic) bond motifs is 1. The number of hydrazone groups is 1. The van der Waals surface area contributed by atoms with Crippen LogP contribution in [0.25, 0.3) is 6.08 Å². The molecule has 0 unspecified atom stereocenters. The lowest BCUT2D eigenvalue weighted by molar-refractivity contribution is -0.114. The van der Waals surface area contributed by atoms with Crippen LogP contribution in [0, 0.1) is 5.41 Å². The van der Waals surface area contributed by atoms with Crippen LogP contribution < -0.4 is 9.47 Å². The third kappa shape index (κ3) is 4.60. The van der Waals surface area contributed by atoms with Gasteiger partial charge in [0.2, 0.25) is 19.4 Å². The number of carbonyl (C=O) groups is 2. The van der Waals surface area contributed by atoms with Crippen LogP contribution in [-0.2, 0) is 14.6 Å². The van der Waals surface area contributed by atoms with E-state index in [1.165, 1.54) is 25.3 Å². The Morgan fingerprint density at radius 3 is 2.59 bits per heavy atom. The number of rotatable bonds is 4. The molecule has 2 aliphatic heterocycles. The van der Waals surface area contributed by atoms with Gasteiger partial charge in [-0.25, -0.2) is 13.2 Å². The van der Waals surface area contributed by atoms with Crippen molar-refractivity contribution in [3.63, 3.8) is 0 Å². The first-order valence-electron chi connectivity index (χ1n) is 9.43. The zero-order chi connectivity index (χ0) is 24.6. The van der Waals surface area contributed by atoms with Crippen molar-refractivity contribution in [1.29, 1.82) is 5.41 Å². The summed E-state index contributed by atoms with van der Waals surface area (Å²) in [6.45, 7) is 0. The Bertz CT molecular complexity index is 1430. The number of benzene rings is 2. The molecule has 0 aromatic heterocycles. The number of ether oxygens (including phenoxy) is 2. The van der Waals surface area contributed by atoms with Gasteiger partial charge in [0.1, 0.15) is 0 Å². The SMILES string of the molecule is COc1cc(C=C2C(=N)N3N=C(S(C)(=O)=O)SC3=NC2=O)cc(Cl)c1OC(=O)c1ccccc1. The Kier molecular flexibility index (Phi) is 6.30. The molecule has 0 fully saturated rings. The molecule has 2 heterocycles. The summed E-state index contributed by atoms with van der Waals surface area (Å²) < 4.78 is 34.0. The second kappa shape index (κ2) is 9.05. The number of nitrogens with one attached hydrogen (secondary N) is 1. The van der Waals surface area contributed by atoms with Gasteiger partial charge in [-0.05, 0) is 47.7 Å². The summed E-state index contributed by atoms with van der Waals surface area (Å²) in [6.07, 6.45) is 2.31. The van der Waals surface area contributed by atoms with Gasteiger partial charge in [-0.2, -0.15) is 10.0 Å². The van der Waals surface area contributed by atoms with Crippen molar-refractivity contribution < 1.29 is 27.5 Å². The summed E-state index contributed by atoms with van der Waals surface area (Å²) in [5, 5.41) is 13.2. The van der Waals surface area contributed by atoms with Gasteiger partial charge in [0.05, 0.1) is 23.3 Å². The number of carbonyl (C=O) groups excluding carboxylic acids is 2. The Morgan fingerprint density at radius 1 is 1.24 bits per heavy atom. The summed E-state index contributed by atoms with van der Waals surface area (Å²) in [6, 6.07) is 11.2. The topological polar surface area (TPSA) is 139 Å². The first-order valence-corrected chi connectivity index (χ1v) is 12.5. The molecule has 13 heteroatoms. The third-order valence-electron chi connectivity index (χ3n) is 4.52. The van der Waals surface area contributed by atoms with E-state index < -0.39 is 21.7 Å². The molecule has 0 spiro atoms. The highest BCUT2D eigenvalue weighted by atomic mass is 35.5. The maximum atomic E-state index is 12.5. The molecule has 0 aliphatic carbocycles. The van der Waals surface area contributed by atoms with Crippen LogP contribution >= 0.6 is 23.4 Å². The molecule has 2 aliphatic rings. The van der Waals surface area contributed by atoms with Gasteiger partial charge < -0.3 is 9.47 Å². The number of thioether (sulfide) groups is 1. The lowest BCUT2D eigenvalue weighted by Crippen LogP contribution is -2.35. The molecular weight excluding hydrogens is 504 g/mol. The van der Waals surface area contributed by atoms with Crippen molar-refractivity contribution in [1.82, 2.24) is 5.01 Å². The lowest BCUT2D eigenvalue weighted by Gasteiger charge is -2.20. The molecule has 0 radical (unpaired) electrons. The monoisotopic (exact) mass is 518 g/mol. The number of esters is 1. The van der Waals surface area contributed by atoms with Crippen molar-refractivity contribution in [3.05, 3.63) is 64.2 Å². The first kappa shape index (κ1) is 23.7. The molecule has 1 N–H and O–H groups in total. The van der Waals surface area contributed by atoms with Crippen LogP contribution in [-0.4, -0.2) is 54.0 Å². The molecule has 1 amide bonds. The van der Waals surface area contributed by atoms with Crippen molar-refractivity contribution >= 4 is 66.5 Å². The van der Waals surface area contributed by atoms with Crippen LogP contribution in [0.4, 0.5) is 0 Å². The lowest BCUT2D eigenvalue weighted by atomic mass is 10.1. The van der Waals surface area contributed by atoms with Gasteiger partial charge in [-0.1, -0.05) is 29.8 Å². The van der Waals surface area contributed by atoms with E-state index in [1.54, 1.807) is 30.3 Å². The van der Waals surface area contributed by atoms with Crippen molar-refractivity contribution in [2.45, 2.75) is 0 Å². The molecule has 2 aromatic carbocycles. The standard InChI is InChI=1S/C21H15ClN4O6S2/c1-31-15-10-11(9-14(22)16(15)32-19(28)12-6-4-3-5-7-12)8-13-17(23)26-20(24-18(13)27)33-21(25-26)34(2,29)30/h3-10,23H,1-2H3. The highest BCUT2D eigenvalue weighted by Crippen LogP contribution is 2.38. The van der Waals surface area contributed by atoms with E-state index in [9.17, 15) is 18.0 Å². The van der Waals surface area contributed by atoms with Crippen LogP contribution in [0.1, 0.15) is 15.9 Å². The van der Waals surface area contributed by atoms with E-state index in [4.69, 9.17) is 26.5 Å². The molecular formula is C21H15ClN4O6S2. The number of hydrogen-bond donors (Lipinski definition) is 1. The largest absolute Gasteiger partial charge is 0.493 e. The fraction of sp³-hybridized carbons (Fsp3) is 0.0952. The predicted molar refractivity (Wildman–Crippen MR) is 129 cm³/mol. The van der Waals surface area contributed by atoms with E-state index in [2.05, 4.69) is 10.1 Å². The van der Waals surface area contributed by atoms with Gasteiger partial charge >= 0.3 is 5.97 Å². The Balaban J connectivity index is 1.67. The maximum Gasteiger partial charge on any atom is 0.343 e. The highest BCUT2D eigenvalue weighted by Gasteiger charge is 2.38. The fourth-order valence-corrected chi connectivity index (χ4v) is 4.88. The van der Waals surface area contributed by atoms with E-state index >= 15 is 0 Å². The average molecular weight is 519 g/mol. The number of halogens is 1. The molecule has 2 aromatic rings. The van der Waals surface area contributed by atoms with E-state index in [1.807, 2.05) is 0 Å². The van der Waals surface area contributed by atoms with E-state index in [0.29, 0.717) is 22.9 Å². The molecule has 0 bridgehead atoms. The minimum Gasteiger partial charge on any atom is -0.493 e. The van der Waals surface area contributed by atoms with Crippen molar-refractivity contribution in [2.24, 2.45) is 10.1 Å². The molecule has 34 heavy (non-hydrogen) atoms. The van der Waals surface area contributed by atoms with Gasteiger partial charge in [-0.15, -0.1) is 5.10 Å². The summed E-state index contributed by atoms with van der Waals surface area (Å²) in [5.74, 6) is -1.62. The average Bonchev–Trinajstić information content (AvgIpc) is 3.23. The number of hydrogen-bond acceptors (Lipinski definition) is 9. The number of aliphatic imine (C=N–C) groups is 1. The Hall–Kier alpha value is -3.48. The zero-order valence-electron chi connectivity index (χ0n) is 17.6. The fourth-order valence-electron chi connectivity index (χ4n) is 2.94. The minimum absolute atomic E-state index is 0.0103. The number of amides is 1. The van der Waals surface area contributed by atoms with Crippen LogP contribution in [0.3, 0.4) is 0 Å².